The smallest absolute Gasteiger partial charge is 0.0700 e. The van der Waals surface area contributed by atoms with Crippen LogP contribution in [0.15, 0.2) is 0 Å². The molecule has 84 valence electrons. The summed E-state index contributed by atoms with van der Waals surface area (Å²) in [6.45, 7) is 8.69. The average molecular weight is 200 g/mol. The molecule has 14 heavy (non-hydrogen) atoms. The second kappa shape index (κ2) is 6.38. The first kappa shape index (κ1) is 12.0. The van der Waals surface area contributed by atoms with Crippen LogP contribution in [0.25, 0.3) is 0 Å². The molecule has 3 nitrogen and oxygen atoms in total. The summed E-state index contributed by atoms with van der Waals surface area (Å²) in [7, 11) is 2.05. The van der Waals surface area contributed by atoms with E-state index in [9.17, 15) is 0 Å². The summed E-state index contributed by atoms with van der Waals surface area (Å²) in [5, 5.41) is 3.35. The Morgan fingerprint density at radius 1 is 1.50 bits per heavy atom. The van der Waals surface area contributed by atoms with Crippen LogP contribution in [0.3, 0.4) is 0 Å². The van der Waals surface area contributed by atoms with Crippen LogP contribution in [0, 0.1) is 0 Å². The highest BCUT2D eigenvalue weighted by Gasteiger charge is 2.20. The number of ether oxygens (including phenoxy) is 1. The largest absolute Gasteiger partial charge is 0.376 e. The molecule has 0 aliphatic carbocycles. The quantitative estimate of drug-likeness (QED) is 0.719. The molecule has 1 aliphatic heterocycles. The monoisotopic (exact) mass is 200 g/mol. The predicted octanol–water partition coefficient (Wildman–Crippen LogP) is 1.10. The maximum Gasteiger partial charge on any atom is 0.0700 e. The van der Waals surface area contributed by atoms with Crippen LogP contribution in [0.2, 0.25) is 0 Å². The van der Waals surface area contributed by atoms with E-state index in [1.807, 2.05) is 7.05 Å². The minimum absolute atomic E-state index is 0.457. The van der Waals surface area contributed by atoms with Gasteiger partial charge >= 0.3 is 0 Å². The Morgan fingerprint density at radius 3 is 2.86 bits per heavy atom. The number of likely N-dealkylation sites (N-methyl/N-ethyl adjacent to an activating group) is 1. The normalized spacial score (nSPS) is 26.4. The molecule has 0 bridgehead atoms. The molecular weight excluding hydrogens is 176 g/mol. The number of nitrogens with one attached hydrogen (secondary N) is 1. The fourth-order valence-electron chi connectivity index (χ4n) is 1.93. The molecular formula is C11H24N2O. The maximum absolute atomic E-state index is 5.64. The summed E-state index contributed by atoms with van der Waals surface area (Å²) in [5.74, 6) is 0. The molecule has 0 amide bonds. The van der Waals surface area contributed by atoms with Crippen molar-refractivity contribution >= 4 is 0 Å². The van der Waals surface area contributed by atoms with Crippen LogP contribution >= 0.6 is 0 Å². The SMILES string of the molecule is CCC(CN1CCOC(CC)C1)NC. The molecule has 0 aromatic rings. The summed E-state index contributed by atoms with van der Waals surface area (Å²) in [5.41, 5.74) is 0. The van der Waals surface area contributed by atoms with E-state index >= 15 is 0 Å². The lowest BCUT2D eigenvalue weighted by Crippen LogP contribution is -2.47. The Balaban J connectivity index is 2.29. The van der Waals surface area contributed by atoms with Crippen molar-refractivity contribution < 1.29 is 4.74 Å². The first-order valence-electron chi connectivity index (χ1n) is 5.81. The van der Waals surface area contributed by atoms with Crippen LogP contribution in [-0.4, -0.2) is 50.3 Å². The van der Waals surface area contributed by atoms with Gasteiger partial charge in [-0.2, -0.15) is 0 Å². The summed E-state index contributed by atoms with van der Waals surface area (Å²) in [6, 6.07) is 0.630. The number of rotatable bonds is 5. The van der Waals surface area contributed by atoms with Crippen LogP contribution in [0.4, 0.5) is 0 Å². The highest BCUT2D eigenvalue weighted by molar-refractivity contribution is 4.75. The van der Waals surface area contributed by atoms with Gasteiger partial charge in [0.15, 0.2) is 0 Å². The van der Waals surface area contributed by atoms with Crippen LogP contribution in [0.5, 0.6) is 0 Å². The molecule has 0 saturated carbocycles. The van der Waals surface area contributed by atoms with Crippen molar-refractivity contribution in [3.63, 3.8) is 0 Å². The highest BCUT2D eigenvalue weighted by Crippen LogP contribution is 2.09. The van der Waals surface area contributed by atoms with Crippen molar-refractivity contribution in [1.29, 1.82) is 0 Å². The fraction of sp³-hybridized carbons (Fsp3) is 1.00. The van der Waals surface area contributed by atoms with Gasteiger partial charge in [-0.15, -0.1) is 0 Å². The molecule has 0 aromatic heterocycles. The molecule has 1 rings (SSSR count). The lowest BCUT2D eigenvalue weighted by atomic mass is 10.1. The molecule has 1 fully saturated rings. The number of hydrogen-bond donors (Lipinski definition) is 1. The maximum atomic E-state index is 5.64. The highest BCUT2D eigenvalue weighted by atomic mass is 16.5. The van der Waals surface area contributed by atoms with E-state index in [1.54, 1.807) is 0 Å². The van der Waals surface area contributed by atoms with Gasteiger partial charge in [0.2, 0.25) is 0 Å². The van der Waals surface area contributed by atoms with E-state index in [1.165, 1.54) is 6.42 Å². The van der Waals surface area contributed by atoms with Crippen molar-refractivity contribution in [2.75, 3.05) is 33.3 Å². The summed E-state index contributed by atoms with van der Waals surface area (Å²) >= 11 is 0. The first-order chi connectivity index (χ1) is 6.80. The lowest BCUT2D eigenvalue weighted by Gasteiger charge is -2.34. The lowest BCUT2D eigenvalue weighted by molar-refractivity contribution is -0.0320. The standard InChI is InChI=1S/C11H24N2O/c1-4-10(12-3)8-13-6-7-14-11(5-2)9-13/h10-12H,4-9H2,1-3H3. The first-order valence-corrected chi connectivity index (χ1v) is 5.81. The Bertz CT molecular complexity index is 148. The third-order valence-corrected chi connectivity index (χ3v) is 3.06. The van der Waals surface area contributed by atoms with E-state index in [0.29, 0.717) is 12.1 Å². The fourth-order valence-corrected chi connectivity index (χ4v) is 1.93. The minimum atomic E-state index is 0.457. The van der Waals surface area contributed by atoms with Gasteiger partial charge in [-0.25, -0.2) is 0 Å². The second-order valence-electron chi connectivity index (χ2n) is 4.05. The third-order valence-electron chi connectivity index (χ3n) is 3.06. The Morgan fingerprint density at radius 2 is 2.29 bits per heavy atom. The van der Waals surface area contributed by atoms with Gasteiger partial charge < -0.3 is 10.1 Å². The molecule has 1 N–H and O–H groups in total. The zero-order chi connectivity index (χ0) is 10.4. The van der Waals surface area contributed by atoms with Crippen molar-refractivity contribution in [2.45, 2.75) is 38.8 Å². The Hall–Kier alpha value is -0.120. The van der Waals surface area contributed by atoms with Gasteiger partial charge in [0.25, 0.3) is 0 Å². The zero-order valence-electron chi connectivity index (χ0n) is 9.75. The molecule has 1 aliphatic rings. The van der Waals surface area contributed by atoms with E-state index in [2.05, 4.69) is 24.1 Å². The average Bonchev–Trinajstić information content (AvgIpc) is 2.26. The van der Waals surface area contributed by atoms with Crippen molar-refractivity contribution in [3.8, 4) is 0 Å². The van der Waals surface area contributed by atoms with Gasteiger partial charge in [0.1, 0.15) is 0 Å². The second-order valence-corrected chi connectivity index (χ2v) is 4.05. The zero-order valence-corrected chi connectivity index (χ0v) is 9.75. The van der Waals surface area contributed by atoms with E-state index in [0.717, 1.165) is 32.7 Å². The van der Waals surface area contributed by atoms with Gasteiger partial charge in [-0.1, -0.05) is 13.8 Å². The van der Waals surface area contributed by atoms with Gasteiger partial charge in [-0.05, 0) is 19.9 Å². The summed E-state index contributed by atoms with van der Waals surface area (Å²) in [6.07, 6.45) is 2.79. The summed E-state index contributed by atoms with van der Waals surface area (Å²) in [4.78, 5) is 2.52. The van der Waals surface area contributed by atoms with Crippen LogP contribution < -0.4 is 5.32 Å². The number of morpholine rings is 1. The van der Waals surface area contributed by atoms with Crippen molar-refractivity contribution in [2.24, 2.45) is 0 Å². The van der Waals surface area contributed by atoms with Gasteiger partial charge in [0.05, 0.1) is 12.7 Å². The molecule has 2 unspecified atom stereocenters. The van der Waals surface area contributed by atoms with Crippen molar-refractivity contribution in [3.05, 3.63) is 0 Å². The molecule has 1 saturated heterocycles. The Kier molecular flexibility index (Phi) is 5.45. The van der Waals surface area contributed by atoms with Gasteiger partial charge in [0, 0.05) is 25.7 Å². The minimum Gasteiger partial charge on any atom is -0.376 e. The van der Waals surface area contributed by atoms with Crippen molar-refractivity contribution in [1.82, 2.24) is 10.2 Å². The number of hydrogen-bond acceptors (Lipinski definition) is 3. The molecule has 0 spiro atoms. The molecule has 3 heteroatoms. The Labute approximate surface area is 87.8 Å². The topological polar surface area (TPSA) is 24.5 Å². The van der Waals surface area contributed by atoms with Crippen LogP contribution in [-0.2, 0) is 4.74 Å². The number of nitrogens with zero attached hydrogens (tertiary/aromatic N) is 1. The molecule has 2 atom stereocenters. The van der Waals surface area contributed by atoms with Crippen LogP contribution in [0.1, 0.15) is 26.7 Å². The van der Waals surface area contributed by atoms with E-state index in [4.69, 9.17) is 4.74 Å². The summed E-state index contributed by atoms with van der Waals surface area (Å²) < 4.78 is 5.64. The van der Waals surface area contributed by atoms with Gasteiger partial charge in [-0.3, -0.25) is 4.90 Å². The molecule has 0 radical (unpaired) electrons. The molecule has 1 heterocycles. The third kappa shape index (κ3) is 3.56. The molecule has 0 aromatic carbocycles. The van der Waals surface area contributed by atoms with E-state index in [-0.39, 0.29) is 0 Å². The van der Waals surface area contributed by atoms with E-state index < -0.39 is 0 Å². The predicted molar refractivity (Wildman–Crippen MR) is 59.6 cm³/mol.